The predicted molar refractivity (Wildman–Crippen MR) is 117 cm³/mol. The molecule has 0 atom stereocenters. The summed E-state index contributed by atoms with van der Waals surface area (Å²) in [5.74, 6) is 0.821. The van der Waals surface area contributed by atoms with E-state index in [0.717, 1.165) is 10.3 Å². The van der Waals surface area contributed by atoms with Crippen molar-refractivity contribution in [3.8, 4) is 11.5 Å². The van der Waals surface area contributed by atoms with Crippen LogP contribution in [0.15, 0.2) is 46.1 Å². The second-order valence-corrected chi connectivity index (χ2v) is 9.36. The highest BCUT2D eigenvalue weighted by Gasteiger charge is 2.26. The van der Waals surface area contributed by atoms with E-state index in [1.807, 2.05) is 19.1 Å². The van der Waals surface area contributed by atoms with Crippen LogP contribution < -0.4 is 19.8 Å². The highest BCUT2D eigenvalue weighted by Crippen LogP contribution is 2.29. The molecule has 30 heavy (non-hydrogen) atoms. The fourth-order valence-corrected chi connectivity index (χ4v) is 5.68. The summed E-state index contributed by atoms with van der Waals surface area (Å²) in [6.07, 6.45) is 0. The molecule has 0 spiro atoms. The SMILES string of the molecule is COc1cc(NS(=O)(=O)c2c(C)nc3sc4cc(C)ccc4n3c2=O)cc(OC)c1. The first-order valence-electron chi connectivity index (χ1n) is 8.92. The number of methoxy groups -OCH3 is 2. The van der Waals surface area contributed by atoms with Crippen LogP contribution in [0.25, 0.3) is 15.2 Å². The fraction of sp³-hybridized carbons (Fsp3) is 0.200. The average Bonchev–Trinajstić information content (AvgIpc) is 3.03. The van der Waals surface area contributed by atoms with Crippen molar-refractivity contribution in [2.75, 3.05) is 18.9 Å². The van der Waals surface area contributed by atoms with E-state index < -0.39 is 20.5 Å². The maximum Gasteiger partial charge on any atom is 0.280 e. The van der Waals surface area contributed by atoms with Gasteiger partial charge in [0.25, 0.3) is 15.6 Å². The Morgan fingerprint density at radius 1 is 1.03 bits per heavy atom. The lowest BCUT2D eigenvalue weighted by Gasteiger charge is -2.12. The molecule has 0 radical (unpaired) electrons. The van der Waals surface area contributed by atoms with Gasteiger partial charge < -0.3 is 9.47 Å². The predicted octanol–water partition coefficient (Wildman–Crippen LogP) is 3.34. The number of nitrogens with zero attached hydrogens (tertiary/aromatic N) is 2. The molecule has 4 rings (SSSR count). The van der Waals surface area contributed by atoms with E-state index in [1.54, 1.807) is 12.1 Å². The third kappa shape index (κ3) is 3.37. The molecule has 1 N–H and O–H groups in total. The van der Waals surface area contributed by atoms with E-state index >= 15 is 0 Å². The first-order chi connectivity index (χ1) is 14.2. The van der Waals surface area contributed by atoms with Gasteiger partial charge in [0.1, 0.15) is 11.5 Å². The van der Waals surface area contributed by atoms with Crippen molar-refractivity contribution in [3.63, 3.8) is 0 Å². The van der Waals surface area contributed by atoms with Gasteiger partial charge in [-0.1, -0.05) is 17.4 Å². The van der Waals surface area contributed by atoms with Crippen molar-refractivity contribution in [3.05, 3.63) is 58.0 Å². The summed E-state index contributed by atoms with van der Waals surface area (Å²) < 4.78 is 41.3. The quantitative estimate of drug-likeness (QED) is 0.506. The molecular weight excluding hydrogens is 426 g/mol. The van der Waals surface area contributed by atoms with Crippen LogP contribution in [0.4, 0.5) is 5.69 Å². The van der Waals surface area contributed by atoms with Gasteiger partial charge in [-0.25, -0.2) is 17.8 Å². The second kappa shape index (κ2) is 7.29. The molecule has 4 aromatic rings. The van der Waals surface area contributed by atoms with Gasteiger partial charge in [-0.15, -0.1) is 0 Å². The molecular formula is C20H19N3O5S2. The first-order valence-corrected chi connectivity index (χ1v) is 11.2. The maximum atomic E-state index is 13.3. The summed E-state index contributed by atoms with van der Waals surface area (Å²) in [5.41, 5.74) is 1.36. The Kier molecular flexibility index (Phi) is 4.91. The standard InChI is InChI=1S/C20H19N3O5S2/c1-11-5-6-16-17(7-11)29-20-21-12(2)18(19(24)23(16)20)30(25,26)22-13-8-14(27-3)10-15(9-13)28-4/h5-10,22H,1-4H3. The highest BCUT2D eigenvalue weighted by atomic mass is 32.2. The molecule has 0 fully saturated rings. The molecule has 2 aromatic heterocycles. The monoisotopic (exact) mass is 445 g/mol. The number of aryl methyl sites for hydroxylation is 2. The van der Waals surface area contributed by atoms with Crippen molar-refractivity contribution in [1.29, 1.82) is 0 Å². The van der Waals surface area contributed by atoms with E-state index in [-0.39, 0.29) is 11.4 Å². The Bertz CT molecular complexity index is 1430. The van der Waals surface area contributed by atoms with Gasteiger partial charge in [0.2, 0.25) is 0 Å². The van der Waals surface area contributed by atoms with Crippen LogP contribution >= 0.6 is 11.3 Å². The number of sulfonamides is 1. The van der Waals surface area contributed by atoms with Crippen molar-refractivity contribution in [2.45, 2.75) is 18.7 Å². The Morgan fingerprint density at radius 3 is 2.33 bits per heavy atom. The first kappa shape index (κ1) is 20.2. The largest absolute Gasteiger partial charge is 0.497 e. The molecule has 0 bridgehead atoms. The smallest absolute Gasteiger partial charge is 0.280 e. The Labute approximate surface area is 176 Å². The normalized spacial score (nSPS) is 11.7. The van der Waals surface area contributed by atoms with E-state index in [0.29, 0.717) is 22.0 Å². The number of benzene rings is 2. The lowest BCUT2D eigenvalue weighted by Crippen LogP contribution is -2.27. The average molecular weight is 446 g/mol. The van der Waals surface area contributed by atoms with Crippen molar-refractivity contribution >= 4 is 42.2 Å². The van der Waals surface area contributed by atoms with Crippen molar-refractivity contribution in [1.82, 2.24) is 9.38 Å². The summed E-state index contributed by atoms with van der Waals surface area (Å²) in [4.78, 5) is 17.7. The number of thiazole rings is 1. The molecule has 0 amide bonds. The van der Waals surface area contributed by atoms with Crippen LogP contribution in [0.3, 0.4) is 0 Å². The van der Waals surface area contributed by atoms with Gasteiger partial charge in [0.05, 0.1) is 35.8 Å². The maximum absolute atomic E-state index is 13.3. The van der Waals surface area contributed by atoms with Crippen molar-refractivity contribution < 1.29 is 17.9 Å². The fourth-order valence-electron chi connectivity index (χ4n) is 3.24. The van der Waals surface area contributed by atoms with Crippen LogP contribution in [0.5, 0.6) is 11.5 Å². The summed E-state index contributed by atoms with van der Waals surface area (Å²) >= 11 is 1.34. The minimum absolute atomic E-state index is 0.130. The Hall–Kier alpha value is -3.11. The molecule has 0 aliphatic heterocycles. The molecule has 10 heteroatoms. The molecule has 2 aromatic carbocycles. The summed E-state index contributed by atoms with van der Waals surface area (Å²) in [5, 5.41) is 0. The number of ether oxygens (including phenoxy) is 2. The number of hydrogen-bond acceptors (Lipinski definition) is 7. The molecule has 2 heterocycles. The lowest BCUT2D eigenvalue weighted by atomic mass is 10.2. The zero-order chi connectivity index (χ0) is 21.6. The molecule has 156 valence electrons. The third-order valence-corrected chi connectivity index (χ3v) is 7.13. The molecule has 0 saturated heterocycles. The molecule has 8 nitrogen and oxygen atoms in total. The van der Waals surface area contributed by atoms with Crippen LogP contribution in [0, 0.1) is 13.8 Å². The molecule has 0 aliphatic rings. The summed E-state index contributed by atoms with van der Waals surface area (Å²) in [7, 11) is -1.30. The number of hydrogen-bond donors (Lipinski definition) is 1. The minimum atomic E-state index is -4.22. The van der Waals surface area contributed by atoms with Gasteiger partial charge in [-0.2, -0.15) is 0 Å². The van der Waals surface area contributed by atoms with Gasteiger partial charge in [0.15, 0.2) is 9.86 Å². The number of anilines is 1. The van der Waals surface area contributed by atoms with Crippen molar-refractivity contribution in [2.24, 2.45) is 0 Å². The van der Waals surface area contributed by atoms with Gasteiger partial charge in [0, 0.05) is 18.2 Å². The minimum Gasteiger partial charge on any atom is -0.497 e. The molecule has 0 aliphatic carbocycles. The van der Waals surface area contributed by atoms with Crippen LogP contribution in [0.2, 0.25) is 0 Å². The van der Waals surface area contributed by atoms with Gasteiger partial charge in [-0.05, 0) is 31.5 Å². The zero-order valence-electron chi connectivity index (χ0n) is 16.7. The topological polar surface area (TPSA) is 99.0 Å². The Morgan fingerprint density at radius 2 is 1.70 bits per heavy atom. The summed E-state index contributed by atoms with van der Waals surface area (Å²) in [6.45, 7) is 3.46. The highest BCUT2D eigenvalue weighted by molar-refractivity contribution is 7.92. The molecule has 0 unspecified atom stereocenters. The third-order valence-electron chi connectivity index (χ3n) is 4.61. The number of fused-ring (bicyclic) bond motifs is 3. The van der Waals surface area contributed by atoms with E-state index in [2.05, 4.69) is 9.71 Å². The number of rotatable bonds is 5. The summed E-state index contributed by atoms with van der Waals surface area (Å²) in [6, 6.07) is 10.2. The van der Waals surface area contributed by atoms with Gasteiger partial charge >= 0.3 is 0 Å². The number of aromatic nitrogens is 2. The zero-order valence-corrected chi connectivity index (χ0v) is 18.3. The van der Waals surface area contributed by atoms with Crippen LogP contribution in [-0.2, 0) is 10.0 Å². The van der Waals surface area contributed by atoms with E-state index in [1.165, 1.54) is 49.0 Å². The van der Waals surface area contributed by atoms with Crippen LogP contribution in [0.1, 0.15) is 11.3 Å². The number of nitrogens with one attached hydrogen (secondary N) is 1. The van der Waals surface area contributed by atoms with E-state index in [4.69, 9.17) is 9.47 Å². The lowest BCUT2D eigenvalue weighted by molar-refractivity contribution is 0.395. The second-order valence-electron chi connectivity index (χ2n) is 6.73. The Balaban J connectivity index is 1.90. The molecule has 0 saturated carbocycles. The van der Waals surface area contributed by atoms with Crippen LogP contribution in [-0.4, -0.2) is 32.0 Å². The van der Waals surface area contributed by atoms with E-state index in [9.17, 15) is 13.2 Å². The van der Waals surface area contributed by atoms with Gasteiger partial charge in [-0.3, -0.25) is 9.52 Å².